The topological polar surface area (TPSA) is 55.2 Å². The average Bonchev–Trinajstić information content (AvgIpc) is 2.39. The van der Waals surface area contributed by atoms with Crippen LogP contribution < -0.4 is 5.32 Å². The summed E-state index contributed by atoms with van der Waals surface area (Å²) >= 11 is 3.92. The third kappa shape index (κ3) is 4.36. The molecule has 0 aromatic heterocycles. The summed E-state index contributed by atoms with van der Waals surface area (Å²) in [7, 11) is 0. The normalized spacial score (nSPS) is 19.3. The van der Waals surface area contributed by atoms with Crippen LogP contribution in [0.25, 0.3) is 0 Å². The zero-order valence-electron chi connectivity index (χ0n) is 10.3. The molecule has 2 rings (SSSR count). The smallest absolute Gasteiger partial charge is 0.304 e. The summed E-state index contributed by atoms with van der Waals surface area (Å²) in [5.74, 6) is 2.77. The van der Waals surface area contributed by atoms with Crippen molar-refractivity contribution >= 4 is 29.2 Å². The Hall–Kier alpha value is -0.790. The highest BCUT2D eigenvalue weighted by Gasteiger charge is 2.15. The van der Waals surface area contributed by atoms with Crippen molar-refractivity contribution in [3.05, 3.63) is 39.7 Å². The maximum atomic E-state index is 13.4. The van der Waals surface area contributed by atoms with Crippen molar-refractivity contribution in [3.8, 4) is 0 Å². The van der Waals surface area contributed by atoms with Gasteiger partial charge >= 0.3 is 5.69 Å². The quantitative estimate of drug-likeness (QED) is 0.669. The lowest BCUT2D eigenvalue weighted by Crippen LogP contribution is -2.28. The number of nitrogens with zero attached hydrogens (tertiary/aromatic N) is 1. The van der Waals surface area contributed by atoms with E-state index in [1.807, 2.05) is 23.5 Å². The number of hydrogen-bond donors (Lipinski definition) is 1. The Morgan fingerprint density at radius 2 is 2.32 bits per heavy atom. The number of nitrogens with one attached hydrogen (secondary N) is 1. The van der Waals surface area contributed by atoms with E-state index in [1.54, 1.807) is 6.07 Å². The zero-order valence-corrected chi connectivity index (χ0v) is 11.9. The van der Waals surface area contributed by atoms with Gasteiger partial charge in [0.05, 0.1) is 4.92 Å². The SMILES string of the molecule is O=[N+]([O-])c1ccc(CNCC2CSCCS2)cc1F. The van der Waals surface area contributed by atoms with Gasteiger partial charge in [0, 0.05) is 41.7 Å². The van der Waals surface area contributed by atoms with Crippen LogP contribution in [0, 0.1) is 15.9 Å². The van der Waals surface area contributed by atoms with Gasteiger partial charge in [-0.25, -0.2) is 0 Å². The molecule has 1 aliphatic rings. The molecular formula is C12H15FN2O2S2. The third-order valence-electron chi connectivity index (χ3n) is 2.79. The van der Waals surface area contributed by atoms with Crippen LogP contribution in [0.5, 0.6) is 0 Å². The number of halogens is 1. The lowest BCUT2D eigenvalue weighted by Gasteiger charge is -2.21. The van der Waals surface area contributed by atoms with Crippen molar-refractivity contribution in [2.75, 3.05) is 23.8 Å². The van der Waals surface area contributed by atoms with Crippen LogP contribution in [0.15, 0.2) is 18.2 Å². The van der Waals surface area contributed by atoms with E-state index in [0.717, 1.165) is 17.9 Å². The Kier molecular flexibility index (Phi) is 5.47. The maximum absolute atomic E-state index is 13.4. The molecule has 0 saturated carbocycles. The van der Waals surface area contributed by atoms with E-state index in [2.05, 4.69) is 5.32 Å². The molecule has 1 N–H and O–H groups in total. The van der Waals surface area contributed by atoms with Crippen molar-refractivity contribution in [1.82, 2.24) is 5.32 Å². The van der Waals surface area contributed by atoms with E-state index in [-0.39, 0.29) is 0 Å². The molecule has 1 saturated heterocycles. The Balaban J connectivity index is 1.82. The molecule has 1 fully saturated rings. The van der Waals surface area contributed by atoms with E-state index in [0.29, 0.717) is 11.8 Å². The molecule has 0 radical (unpaired) electrons. The molecule has 0 aliphatic carbocycles. The van der Waals surface area contributed by atoms with Gasteiger partial charge in [0.25, 0.3) is 0 Å². The molecular weight excluding hydrogens is 287 g/mol. The van der Waals surface area contributed by atoms with E-state index in [1.165, 1.54) is 23.6 Å². The van der Waals surface area contributed by atoms with E-state index >= 15 is 0 Å². The van der Waals surface area contributed by atoms with Gasteiger partial charge in [0.2, 0.25) is 5.82 Å². The van der Waals surface area contributed by atoms with Crippen LogP contribution in [-0.2, 0) is 6.54 Å². The molecule has 4 nitrogen and oxygen atoms in total. The number of benzene rings is 1. The van der Waals surface area contributed by atoms with Gasteiger partial charge in [-0.05, 0) is 11.6 Å². The van der Waals surface area contributed by atoms with Crippen LogP contribution in [0.2, 0.25) is 0 Å². The molecule has 1 atom stereocenters. The predicted octanol–water partition coefficient (Wildman–Crippen LogP) is 2.67. The lowest BCUT2D eigenvalue weighted by molar-refractivity contribution is -0.387. The van der Waals surface area contributed by atoms with Crippen molar-refractivity contribution in [3.63, 3.8) is 0 Å². The van der Waals surface area contributed by atoms with Crippen molar-refractivity contribution in [2.24, 2.45) is 0 Å². The van der Waals surface area contributed by atoms with Gasteiger partial charge < -0.3 is 5.32 Å². The fourth-order valence-electron chi connectivity index (χ4n) is 1.84. The molecule has 1 aromatic carbocycles. The summed E-state index contributed by atoms with van der Waals surface area (Å²) in [6, 6.07) is 4.04. The molecule has 104 valence electrons. The number of nitro benzene ring substituents is 1. The maximum Gasteiger partial charge on any atom is 0.304 e. The Labute approximate surface area is 119 Å². The van der Waals surface area contributed by atoms with Gasteiger partial charge in [-0.15, -0.1) is 0 Å². The molecule has 0 bridgehead atoms. The molecule has 1 aromatic rings. The van der Waals surface area contributed by atoms with Crippen LogP contribution in [0.4, 0.5) is 10.1 Å². The van der Waals surface area contributed by atoms with Crippen LogP contribution in [0.3, 0.4) is 0 Å². The summed E-state index contributed by atoms with van der Waals surface area (Å²) < 4.78 is 13.4. The van der Waals surface area contributed by atoms with Crippen LogP contribution in [-0.4, -0.2) is 34.0 Å². The second-order valence-corrected chi connectivity index (χ2v) is 6.80. The van der Waals surface area contributed by atoms with Gasteiger partial charge in [0.15, 0.2) is 0 Å². The summed E-state index contributed by atoms with van der Waals surface area (Å²) in [6.45, 7) is 1.42. The van der Waals surface area contributed by atoms with Crippen molar-refractivity contribution in [2.45, 2.75) is 11.8 Å². The standard InChI is InChI=1S/C12H15FN2O2S2/c13-11-5-9(1-2-12(11)15(16)17)6-14-7-10-8-18-3-4-19-10/h1-2,5,10,14H,3-4,6-8H2. The number of nitro groups is 1. The number of hydrogen-bond acceptors (Lipinski definition) is 5. The largest absolute Gasteiger partial charge is 0.312 e. The Morgan fingerprint density at radius 1 is 1.47 bits per heavy atom. The molecule has 7 heteroatoms. The summed E-state index contributed by atoms with van der Waals surface area (Å²) in [5, 5.41) is 14.4. The van der Waals surface area contributed by atoms with E-state index < -0.39 is 16.4 Å². The first-order valence-electron chi connectivity index (χ1n) is 5.99. The van der Waals surface area contributed by atoms with E-state index in [9.17, 15) is 14.5 Å². The second-order valence-electron chi connectivity index (χ2n) is 4.24. The fraction of sp³-hybridized carbons (Fsp3) is 0.500. The molecule has 0 spiro atoms. The first-order valence-corrected chi connectivity index (χ1v) is 8.20. The van der Waals surface area contributed by atoms with Crippen molar-refractivity contribution in [1.29, 1.82) is 0 Å². The summed E-state index contributed by atoms with van der Waals surface area (Å²) in [6.07, 6.45) is 0. The zero-order chi connectivity index (χ0) is 13.7. The lowest BCUT2D eigenvalue weighted by atomic mass is 10.2. The first kappa shape index (κ1) is 14.6. The Morgan fingerprint density at radius 3 is 2.95 bits per heavy atom. The van der Waals surface area contributed by atoms with Gasteiger partial charge in [-0.3, -0.25) is 10.1 Å². The minimum atomic E-state index is -0.771. The van der Waals surface area contributed by atoms with Crippen LogP contribution >= 0.6 is 23.5 Å². The molecule has 1 heterocycles. The Bertz CT molecular complexity index is 453. The van der Waals surface area contributed by atoms with E-state index in [4.69, 9.17) is 0 Å². The van der Waals surface area contributed by atoms with Gasteiger partial charge in [-0.2, -0.15) is 27.9 Å². The van der Waals surface area contributed by atoms with Crippen LogP contribution in [0.1, 0.15) is 5.56 Å². The number of rotatable bonds is 5. The average molecular weight is 302 g/mol. The number of thioether (sulfide) groups is 2. The minimum absolute atomic E-state index is 0.469. The first-order chi connectivity index (χ1) is 9.16. The highest BCUT2D eigenvalue weighted by Crippen LogP contribution is 2.23. The summed E-state index contributed by atoms with van der Waals surface area (Å²) in [4.78, 5) is 9.79. The van der Waals surface area contributed by atoms with Crippen molar-refractivity contribution < 1.29 is 9.31 Å². The molecule has 19 heavy (non-hydrogen) atoms. The summed E-state index contributed by atoms with van der Waals surface area (Å²) in [5.41, 5.74) is 0.263. The minimum Gasteiger partial charge on any atom is -0.312 e. The van der Waals surface area contributed by atoms with Gasteiger partial charge in [0.1, 0.15) is 0 Å². The monoisotopic (exact) mass is 302 g/mol. The molecule has 1 aliphatic heterocycles. The molecule has 1 unspecified atom stereocenters. The third-order valence-corrected chi connectivity index (χ3v) is 5.64. The van der Waals surface area contributed by atoms with Gasteiger partial charge in [-0.1, -0.05) is 6.07 Å². The fourth-order valence-corrected chi connectivity index (χ4v) is 4.49. The predicted molar refractivity (Wildman–Crippen MR) is 78.3 cm³/mol. The highest BCUT2D eigenvalue weighted by atomic mass is 32.2. The highest BCUT2D eigenvalue weighted by molar-refractivity contribution is 8.06. The molecule has 0 amide bonds. The second kappa shape index (κ2) is 7.12.